The van der Waals surface area contributed by atoms with Crippen LogP contribution in [0.25, 0.3) is 0 Å². The fourth-order valence-corrected chi connectivity index (χ4v) is 1.95. The predicted molar refractivity (Wildman–Crippen MR) is 86.2 cm³/mol. The van der Waals surface area contributed by atoms with Gasteiger partial charge in [0.15, 0.2) is 40.3 Å². The molecular formula is C14H14N8O3. The zero-order chi connectivity index (χ0) is 18.0. The highest BCUT2D eigenvalue weighted by molar-refractivity contribution is 5.76. The normalized spacial score (nSPS) is 11.8. The fraction of sp³-hybridized carbons (Fsp3) is 0.143. The first-order chi connectivity index (χ1) is 12.0. The van der Waals surface area contributed by atoms with Crippen LogP contribution < -0.4 is 0 Å². The summed E-state index contributed by atoms with van der Waals surface area (Å²) in [5.41, 5.74) is -0.504. The van der Waals surface area contributed by atoms with Crippen molar-refractivity contribution >= 4 is 23.0 Å². The molecule has 2 aromatic heterocycles. The summed E-state index contributed by atoms with van der Waals surface area (Å²) in [5.74, 6) is -0.662. The van der Waals surface area contributed by atoms with Gasteiger partial charge in [-0.1, -0.05) is 0 Å². The van der Waals surface area contributed by atoms with E-state index in [9.17, 15) is 15.3 Å². The van der Waals surface area contributed by atoms with Crippen LogP contribution in [0.15, 0.2) is 51.0 Å². The smallest absolute Gasteiger partial charge is 0.178 e. The van der Waals surface area contributed by atoms with Gasteiger partial charge in [0.25, 0.3) is 0 Å². The lowest BCUT2D eigenvalue weighted by Crippen LogP contribution is -1.87. The molecule has 128 valence electrons. The van der Waals surface area contributed by atoms with E-state index in [2.05, 4.69) is 30.7 Å². The van der Waals surface area contributed by atoms with Gasteiger partial charge in [-0.3, -0.25) is 0 Å². The third-order valence-corrected chi connectivity index (χ3v) is 3.30. The summed E-state index contributed by atoms with van der Waals surface area (Å²) in [6.45, 7) is 0. The third-order valence-electron chi connectivity index (χ3n) is 3.30. The van der Waals surface area contributed by atoms with Crippen molar-refractivity contribution in [2.45, 2.75) is 0 Å². The lowest BCUT2D eigenvalue weighted by Gasteiger charge is -2.06. The molecule has 0 fully saturated rings. The molecule has 3 rings (SSSR count). The molecule has 0 bridgehead atoms. The van der Waals surface area contributed by atoms with Crippen LogP contribution in [0.4, 0.5) is 23.0 Å². The van der Waals surface area contributed by atoms with Gasteiger partial charge in [0, 0.05) is 32.3 Å². The van der Waals surface area contributed by atoms with Crippen LogP contribution in [0.5, 0.6) is 17.2 Å². The zero-order valence-corrected chi connectivity index (χ0v) is 13.3. The highest BCUT2D eigenvalue weighted by Crippen LogP contribution is 2.49. The molecule has 0 amide bonds. The summed E-state index contributed by atoms with van der Waals surface area (Å²) in [6.07, 6.45) is 3.05. The maximum Gasteiger partial charge on any atom is 0.178 e. The fourth-order valence-electron chi connectivity index (χ4n) is 1.95. The van der Waals surface area contributed by atoms with Crippen LogP contribution in [0, 0.1) is 0 Å². The number of aryl methyl sites for hydroxylation is 2. The molecule has 3 aromatic rings. The van der Waals surface area contributed by atoms with Gasteiger partial charge in [0.1, 0.15) is 0 Å². The monoisotopic (exact) mass is 342 g/mol. The van der Waals surface area contributed by atoms with Gasteiger partial charge in [-0.05, 0) is 0 Å². The Morgan fingerprint density at radius 3 is 1.56 bits per heavy atom. The Balaban J connectivity index is 2.00. The maximum absolute atomic E-state index is 10.3. The van der Waals surface area contributed by atoms with E-state index in [1.54, 1.807) is 26.2 Å². The van der Waals surface area contributed by atoms with Crippen LogP contribution in [-0.4, -0.2) is 34.9 Å². The summed E-state index contributed by atoms with van der Waals surface area (Å²) in [4.78, 5) is 0. The number of hydrogen-bond donors (Lipinski definition) is 3. The predicted octanol–water partition coefficient (Wildman–Crippen LogP) is 3.10. The molecule has 0 aliphatic heterocycles. The molecule has 3 N–H and O–H groups in total. The van der Waals surface area contributed by atoms with Crippen molar-refractivity contribution in [2.24, 2.45) is 34.6 Å². The highest BCUT2D eigenvalue weighted by atomic mass is 16.3. The minimum atomic E-state index is -0.561. The second-order valence-corrected chi connectivity index (χ2v) is 4.99. The largest absolute Gasteiger partial charge is 0.505 e. The lowest BCUT2D eigenvalue weighted by molar-refractivity contribution is 0.431. The van der Waals surface area contributed by atoms with Crippen molar-refractivity contribution in [3.8, 4) is 17.2 Å². The number of nitrogens with zero attached hydrogens (tertiary/aromatic N) is 8. The molecule has 0 unspecified atom stereocenters. The molecule has 0 saturated heterocycles. The van der Waals surface area contributed by atoms with E-state index in [1.165, 1.54) is 21.8 Å². The van der Waals surface area contributed by atoms with E-state index in [1.807, 2.05) is 0 Å². The van der Waals surface area contributed by atoms with Gasteiger partial charge in [-0.2, -0.15) is 10.2 Å². The lowest BCUT2D eigenvalue weighted by atomic mass is 10.2. The van der Waals surface area contributed by atoms with Gasteiger partial charge in [-0.25, -0.2) is 9.36 Å². The average Bonchev–Trinajstić information content (AvgIpc) is 3.15. The summed E-state index contributed by atoms with van der Waals surface area (Å²) in [6, 6.07) is 4.19. The van der Waals surface area contributed by atoms with E-state index in [4.69, 9.17) is 0 Å². The number of phenolic OH excluding ortho intramolecular Hbond substituents is 3. The maximum atomic E-state index is 10.3. The van der Waals surface area contributed by atoms with Crippen LogP contribution >= 0.6 is 0 Å². The van der Waals surface area contributed by atoms with Gasteiger partial charge in [0.2, 0.25) is 0 Å². The topological polar surface area (TPSA) is 146 Å². The first-order valence-electron chi connectivity index (χ1n) is 7.04. The third kappa shape index (κ3) is 3.15. The van der Waals surface area contributed by atoms with Crippen molar-refractivity contribution in [3.63, 3.8) is 0 Å². The second-order valence-electron chi connectivity index (χ2n) is 4.99. The Morgan fingerprint density at radius 2 is 1.20 bits per heavy atom. The Labute approximate surface area is 141 Å². The van der Waals surface area contributed by atoms with Crippen molar-refractivity contribution in [2.75, 3.05) is 0 Å². The number of aromatic hydroxyl groups is 3. The Kier molecular flexibility index (Phi) is 4.12. The van der Waals surface area contributed by atoms with E-state index in [0.717, 1.165) is 6.07 Å². The number of rotatable bonds is 4. The Morgan fingerprint density at radius 1 is 0.760 bits per heavy atom. The molecule has 2 heterocycles. The molecule has 11 heteroatoms. The van der Waals surface area contributed by atoms with Gasteiger partial charge >= 0.3 is 0 Å². The summed E-state index contributed by atoms with van der Waals surface area (Å²) in [5, 5.41) is 53.3. The molecule has 0 saturated carbocycles. The van der Waals surface area contributed by atoms with Gasteiger partial charge in [-0.15, -0.1) is 20.5 Å². The SMILES string of the molecule is Cn1nccc1/N=N/c1c(O)cc(O)c(/N=N/c2ccnn2C)c1O. The zero-order valence-electron chi connectivity index (χ0n) is 13.3. The Hall–Kier alpha value is -3.76. The average molecular weight is 342 g/mol. The van der Waals surface area contributed by atoms with Crippen LogP contribution in [0.2, 0.25) is 0 Å². The molecule has 1 aromatic carbocycles. The number of azo groups is 2. The minimum Gasteiger partial charge on any atom is -0.505 e. The molecule has 11 nitrogen and oxygen atoms in total. The molecule has 0 aliphatic carbocycles. The molecule has 0 aliphatic rings. The first kappa shape index (κ1) is 16.1. The highest BCUT2D eigenvalue weighted by Gasteiger charge is 2.18. The van der Waals surface area contributed by atoms with Crippen molar-refractivity contribution in [1.29, 1.82) is 0 Å². The Bertz CT molecular complexity index is 898. The van der Waals surface area contributed by atoms with Crippen LogP contribution in [0.3, 0.4) is 0 Å². The molecule has 0 radical (unpaired) electrons. The standard InChI is InChI=1S/C14H14N8O3/c1-21-10(3-5-15-21)17-19-12-8(23)7-9(24)13(14(12)25)20-18-11-4-6-16-22(11)2/h3-7,23-25H,1-2H3/b19-17+,20-18+. The van der Waals surface area contributed by atoms with Crippen molar-refractivity contribution in [3.05, 3.63) is 30.6 Å². The number of hydrogen-bond acceptors (Lipinski definition) is 9. The summed E-state index contributed by atoms with van der Waals surface area (Å²) < 4.78 is 2.92. The summed E-state index contributed by atoms with van der Waals surface area (Å²) in [7, 11) is 3.33. The van der Waals surface area contributed by atoms with E-state index >= 15 is 0 Å². The van der Waals surface area contributed by atoms with Gasteiger partial charge in [0.05, 0.1) is 12.4 Å². The quantitative estimate of drug-likeness (QED) is 0.623. The summed E-state index contributed by atoms with van der Waals surface area (Å²) >= 11 is 0. The van der Waals surface area contributed by atoms with E-state index < -0.39 is 17.2 Å². The van der Waals surface area contributed by atoms with Crippen LogP contribution in [-0.2, 0) is 14.1 Å². The van der Waals surface area contributed by atoms with Crippen LogP contribution in [0.1, 0.15) is 0 Å². The van der Waals surface area contributed by atoms with Gasteiger partial charge < -0.3 is 15.3 Å². The number of benzene rings is 1. The molecular weight excluding hydrogens is 328 g/mol. The molecule has 0 atom stereocenters. The van der Waals surface area contributed by atoms with E-state index in [0.29, 0.717) is 11.6 Å². The van der Waals surface area contributed by atoms with E-state index in [-0.39, 0.29) is 11.4 Å². The first-order valence-corrected chi connectivity index (χ1v) is 7.04. The molecule has 25 heavy (non-hydrogen) atoms. The second kappa shape index (κ2) is 6.39. The molecule has 0 spiro atoms. The number of aromatic nitrogens is 4. The minimum absolute atomic E-state index is 0.252. The van der Waals surface area contributed by atoms with Crippen molar-refractivity contribution in [1.82, 2.24) is 19.6 Å². The number of phenols is 3. The van der Waals surface area contributed by atoms with Crippen molar-refractivity contribution < 1.29 is 15.3 Å².